The largest absolute Gasteiger partial charge is 0.416 e. The van der Waals surface area contributed by atoms with Crippen LogP contribution in [0.3, 0.4) is 0 Å². The van der Waals surface area contributed by atoms with Crippen LogP contribution in [-0.4, -0.2) is 45.2 Å². The number of halogens is 4. The molecule has 0 bridgehead atoms. The van der Waals surface area contributed by atoms with Crippen LogP contribution in [0.2, 0.25) is 0 Å². The van der Waals surface area contributed by atoms with Crippen LogP contribution in [0.1, 0.15) is 63.5 Å². The molecule has 172 valence electrons. The molecule has 0 spiro atoms. The summed E-state index contributed by atoms with van der Waals surface area (Å²) in [6.45, 7) is 4.41. The van der Waals surface area contributed by atoms with Crippen LogP contribution in [0.5, 0.6) is 0 Å². The van der Waals surface area contributed by atoms with Crippen LogP contribution in [0.4, 0.5) is 13.2 Å². The van der Waals surface area contributed by atoms with E-state index < -0.39 is 11.7 Å². The van der Waals surface area contributed by atoms with Gasteiger partial charge in [0, 0.05) is 25.7 Å². The van der Waals surface area contributed by atoms with Gasteiger partial charge in [0.25, 0.3) is 0 Å². The molecule has 1 N–H and O–H groups in total. The summed E-state index contributed by atoms with van der Waals surface area (Å²) < 4.78 is 46.5. The highest BCUT2D eigenvalue weighted by atomic mass is 35.5. The first kappa shape index (κ1) is 22.7. The van der Waals surface area contributed by atoms with E-state index >= 15 is 0 Å². The number of fused-ring (bicyclic) bond motifs is 1. The van der Waals surface area contributed by atoms with Gasteiger partial charge in [-0.1, -0.05) is 6.92 Å². The third kappa shape index (κ3) is 4.66. The Bertz CT molecular complexity index is 955. The number of piperidine rings is 1. The lowest BCUT2D eigenvalue weighted by Gasteiger charge is -2.46. The Hall–Kier alpha value is -1.51. The highest BCUT2D eigenvalue weighted by molar-refractivity contribution is 6.23. The highest BCUT2D eigenvalue weighted by Crippen LogP contribution is 2.41. The van der Waals surface area contributed by atoms with Gasteiger partial charge >= 0.3 is 11.9 Å². The maximum Gasteiger partial charge on any atom is 0.416 e. The second-order valence-electron chi connectivity index (χ2n) is 8.74. The van der Waals surface area contributed by atoms with Crippen LogP contribution >= 0.6 is 11.6 Å². The average Bonchev–Trinajstić information content (AvgIpc) is 3.08. The van der Waals surface area contributed by atoms with Crippen LogP contribution in [0, 0.1) is 0 Å². The third-order valence-corrected chi connectivity index (χ3v) is 7.31. The molecule has 2 aliphatic rings. The van der Waals surface area contributed by atoms with E-state index in [0.717, 1.165) is 76.8 Å². The van der Waals surface area contributed by atoms with Gasteiger partial charge in [-0.2, -0.15) is 13.2 Å². The summed E-state index contributed by atoms with van der Waals surface area (Å²) in [6.07, 6.45) is 1.99. The number of nitrogens with one attached hydrogen (secondary N) is 1. The number of hydrogen-bond donors (Lipinski definition) is 1. The predicted molar refractivity (Wildman–Crippen MR) is 114 cm³/mol. The summed E-state index contributed by atoms with van der Waals surface area (Å²) in [5.41, 5.74) is -0.375. The SMILES string of the molecule is CCCOC1CCC(Cl)(N2CCC(n3c(=O)[nH]c4cc(C(F)(F)F)ccc43)CC2)CC1. The van der Waals surface area contributed by atoms with Gasteiger partial charge in [0.2, 0.25) is 0 Å². The zero-order chi connectivity index (χ0) is 22.2. The molecule has 0 atom stereocenters. The quantitative estimate of drug-likeness (QED) is 0.488. The van der Waals surface area contributed by atoms with Crippen LogP contribution in [0.15, 0.2) is 23.0 Å². The molecule has 31 heavy (non-hydrogen) atoms. The number of H-pyrrole nitrogens is 1. The van der Waals surface area contributed by atoms with Gasteiger partial charge in [0.1, 0.15) is 0 Å². The topological polar surface area (TPSA) is 50.3 Å². The first-order valence-electron chi connectivity index (χ1n) is 11.1. The van der Waals surface area contributed by atoms with Crippen molar-refractivity contribution in [2.75, 3.05) is 19.7 Å². The van der Waals surface area contributed by atoms with Gasteiger partial charge in [0.05, 0.1) is 27.7 Å². The van der Waals surface area contributed by atoms with Crippen molar-refractivity contribution < 1.29 is 17.9 Å². The summed E-state index contributed by atoms with van der Waals surface area (Å²) in [4.78, 5) is 17.1. The number of nitrogens with zero attached hydrogens (tertiary/aromatic N) is 2. The fraction of sp³-hybridized carbons (Fsp3) is 0.682. The minimum absolute atomic E-state index is 0.0567. The van der Waals surface area contributed by atoms with Crippen LogP contribution in [-0.2, 0) is 10.9 Å². The van der Waals surface area contributed by atoms with E-state index in [2.05, 4.69) is 16.8 Å². The Morgan fingerprint density at radius 2 is 1.87 bits per heavy atom. The molecule has 0 unspecified atom stereocenters. The van der Waals surface area contributed by atoms with Crippen LogP contribution < -0.4 is 5.69 Å². The van der Waals surface area contributed by atoms with Crippen molar-refractivity contribution in [3.63, 3.8) is 0 Å². The molecule has 2 fully saturated rings. The number of rotatable bonds is 5. The third-order valence-electron chi connectivity index (χ3n) is 6.70. The van der Waals surface area contributed by atoms with Gasteiger partial charge < -0.3 is 9.72 Å². The molecule has 0 radical (unpaired) electrons. The number of alkyl halides is 4. The zero-order valence-corrected chi connectivity index (χ0v) is 18.4. The Morgan fingerprint density at radius 3 is 2.48 bits per heavy atom. The minimum Gasteiger partial charge on any atom is -0.378 e. The zero-order valence-electron chi connectivity index (χ0n) is 17.7. The Morgan fingerprint density at radius 1 is 1.19 bits per heavy atom. The van der Waals surface area contributed by atoms with Crippen molar-refractivity contribution in [3.8, 4) is 0 Å². The van der Waals surface area contributed by atoms with Gasteiger partial charge in [-0.15, -0.1) is 11.6 Å². The molecule has 4 rings (SSSR count). The summed E-state index contributed by atoms with van der Waals surface area (Å²) >= 11 is 7.00. The van der Waals surface area contributed by atoms with E-state index in [4.69, 9.17) is 16.3 Å². The normalized spacial score (nSPS) is 26.5. The van der Waals surface area contributed by atoms with Crippen molar-refractivity contribution in [1.82, 2.24) is 14.5 Å². The van der Waals surface area contributed by atoms with E-state index in [-0.39, 0.29) is 28.4 Å². The summed E-state index contributed by atoms with van der Waals surface area (Å²) in [5.74, 6) is 0. The molecule has 1 saturated heterocycles. The number of benzene rings is 1. The second kappa shape index (κ2) is 8.79. The maximum atomic E-state index is 13.0. The molecule has 9 heteroatoms. The number of aromatic amines is 1. The average molecular weight is 460 g/mol. The van der Waals surface area contributed by atoms with Gasteiger partial charge in [-0.3, -0.25) is 9.47 Å². The maximum absolute atomic E-state index is 13.0. The fourth-order valence-electron chi connectivity index (χ4n) is 5.00. The monoisotopic (exact) mass is 459 g/mol. The molecule has 2 heterocycles. The lowest BCUT2D eigenvalue weighted by molar-refractivity contribution is -0.137. The molecule has 1 aromatic carbocycles. The van der Waals surface area contributed by atoms with E-state index in [1.54, 1.807) is 4.57 Å². The van der Waals surface area contributed by atoms with Gasteiger partial charge in [-0.25, -0.2) is 4.79 Å². The van der Waals surface area contributed by atoms with Crippen molar-refractivity contribution in [2.24, 2.45) is 0 Å². The van der Waals surface area contributed by atoms with Gasteiger partial charge in [0.15, 0.2) is 0 Å². The number of hydrogen-bond acceptors (Lipinski definition) is 3. The molecular weight excluding hydrogens is 431 g/mol. The van der Waals surface area contributed by atoms with Crippen molar-refractivity contribution >= 4 is 22.6 Å². The smallest absolute Gasteiger partial charge is 0.378 e. The van der Waals surface area contributed by atoms with Gasteiger partial charge in [-0.05, 0) is 63.1 Å². The molecule has 1 aliphatic carbocycles. The van der Waals surface area contributed by atoms with Crippen molar-refractivity contribution in [1.29, 1.82) is 0 Å². The lowest BCUT2D eigenvalue weighted by atomic mass is 9.89. The lowest BCUT2D eigenvalue weighted by Crippen LogP contribution is -2.51. The summed E-state index contributed by atoms with van der Waals surface area (Å²) in [6, 6.07) is 3.38. The predicted octanol–water partition coefficient (Wildman–Crippen LogP) is 5.29. The Labute approximate surface area is 184 Å². The van der Waals surface area contributed by atoms with E-state index in [1.165, 1.54) is 6.07 Å². The molecule has 0 amide bonds. The van der Waals surface area contributed by atoms with E-state index in [9.17, 15) is 18.0 Å². The molecule has 5 nitrogen and oxygen atoms in total. The first-order valence-corrected chi connectivity index (χ1v) is 11.5. The Kier molecular flexibility index (Phi) is 6.43. The highest BCUT2D eigenvalue weighted by Gasteiger charge is 2.41. The number of ether oxygens (including phenoxy) is 1. The summed E-state index contributed by atoms with van der Waals surface area (Å²) in [7, 11) is 0. The first-order chi connectivity index (χ1) is 14.7. The fourth-order valence-corrected chi connectivity index (χ4v) is 5.38. The molecule has 1 aromatic heterocycles. The van der Waals surface area contributed by atoms with Crippen molar-refractivity contribution in [3.05, 3.63) is 34.2 Å². The standard InChI is InChI=1S/C22H29ClF3N3O2/c1-2-13-31-17-5-9-21(23,10-6-17)28-11-7-16(8-12-28)29-19-4-3-15(22(24,25)26)14-18(19)27-20(29)30/h3-4,14,16-17H,2,5-13H2,1H3,(H,27,30). The number of imidazole rings is 1. The van der Waals surface area contributed by atoms with Crippen LogP contribution in [0.25, 0.3) is 11.0 Å². The van der Waals surface area contributed by atoms with Crippen molar-refractivity contribution in [2.45, 2.75) is 75.2 Å². The van der Waals surface area contributed by atoms with E-state index in [0.29, 0.717) is 5.52 Å². The number of aromatic nitrogens is 2. The second-order valence-corrected chi connectivity index (χ2v) is 9.44. The summed E-state index contributed by atoms with van der Waals surface area (Å²) in [5, 5.41) is 0. The Balaban J connectivity index is 1.43. The van der Waals surface area contributed by atoms with E-state index in [1.807, 2.05) is 0 Å². The minimum atomic E-state index is -4.44. The number of likely N-dealkylation sites (tertiary alicyclic amines) is 1. The molecule has 1 aliphatic heterocycles. The molecule has 2 aromatic rings. The molecule has 1 saturated carbocycles. The molecular formula is C22H29ClF3N3O2.